The molecule has 1 N–H and O–H groups in total. The number of nitrogens with one attached hydrogen (secondary N) is 1. The molecule has 128 valence electrons. The average molecular weight is 346 g/mol. The molecule has 1 amide bonds. The van der Waals surface area contributed by atoms with E-state index in [1.807, 2.05) is 32.0 Å². The minimum atomic E-state index is -0.607. The summed E-state index contributed by atoms with van der Waals surface area (Å²) in [4.78, 5) is 12.4. The molecule has 2 rings (SSSR count). The van der Waals surface area contributed by atoms with Gasteiger partial charge in [-0.25, -0.2) is 0 Å². The summed E-state index contributed by atoms with van der Waals surface area (Å²) in [5, 5.41) is 3.47. The van der Waals surface area contributed by atoms with Crippen LogP contribution in [-0.4, -0.2) is 12.0 Å². The Kier molecular flexibility index (Phi) is 5.89. The van der Waals surface area contributed by atoms with Crippen LogP contribution in [0, 0.1) is 13.8 Å². The number of ether oxygens (including phenoxy) is 1. The lowest BCUT2D eigenvalue weighted by molar-refractivity contribution is -0.122. The molecule has 0 saturated heterocycles. The van der Waals surface area contributed by atoms with Crippen LogP contribution in [0.3, 0.4) is 0 Å². The monoisotopic (exact) mass is 345 g/mol. The SMILES string of the molecule is Cc1ccc(C(C)C)c(O[C@@H](C)C(=O)Nc2ccc(C)c(Cl)c2)c1. The first-order valence-electron chi connectivity index (χ1n) is 8.12. The highest BCUT2D eigenvalue weighted by molar-refractivity contribution is 6.31. The minimum absolute atomic E-state index is 0.203. The smallest absolute Gasteiger partial charge is 0.265 e. The third kappa shape index (κ3) is 4.51. The average Bonchev–Trinajstić information content (AvgIpc) is 2.50. The fourth-order valence-corrected chi connectivity index (χ4v) is 2.56. The molecule has 0 radical (unpaired) electrons. The van der Waals surface area contributed by atoms with Gasteiger partial charge in [-0.3, -0.25) is 4.79 Å². The Morgan fingerprint density at radius 3 is 2.42 bits per heavy atom. The van der Waals surface area contributed by atoms with E-state index in [0.29, 0.717) is 16.6 Å². The summed E-state index contributed by atoms with van der Waals surface area (Å²) in [6.07, 6.45) is -0.607. The van der Waals surface area contributed by atoms with Gasteiger partial charge in [0.15, 0.2) is 6.10 Å². The van der Waals surface area contributed by atoms with Gasteiger partial charge in [0.25, 0.3) is 5.91 Å². The summed E-state index contributed by atoms with van der Waals surface area (Å²) in [5.74, 6) is 0.882. The molecule has 0 aromatic heterocycles. The molecular formula is C20H24ClNO2. The van der Waals surface area contributed by atoms with Crippen molar-refractivity contribution in [3.05, 3.63) is 58.1 Å². The number of halogens is 1. The van der Waals surface area contributed by atoms with Crippen molar-refractivity contribution in [1.82, 2.24) is 0 Å². The van der Waals surface area contributed by atoms with Crippen LogP contribution in [0.2, 0.25) is 5.02 Å². The summed E-state index contributed by atoms with van der Waals surface area (Å²) in [6, 6.07) is 11.5. The van der Waals surface area contributed by atoms with Gasteiger partial charge >= 0.3 is 0 Å². The fraction of sp³-hybridized carbons (Fsp3) is 0.350. The Morgan fingerprint density at radius 1 is 1.08 bits per heavy atom. The van der Waals surface area contributed by atoms with Crippen molar-refractivity contribution < 1.29 is 9.53 Å². The van der Waals surface area contributed by atoms with Crippen LogP contribution >= 0.6 is 11.6 Å². The van der Waals surface area contributed by atoms with Crippen LogP contribution < -0.4 is 10.1 Å². The van der Waals surface area contributed by atoms with Crippen molar-refractivity contribution in [3.63, 3.8) is 0 Å². The van der Waals surface area contributed by atoms with E-state index < -0.39 is 6.10 Å². The second-order valence-electron chi connectivity index (χ2n) is 6.41. The molecular weight excluding hydrogens is 322 g/mol. The molecule has 0 aliphatic carbocycles. The molecule has 0 aliphatic rings. The Balaban J connectivity index is 2.11. The van der Waals surface area contributed by atoms with Crippen LogP contribution in [0.5, 0.6) is 5.75 Å². The first kappa shape index (κ1) is 18.3. The maximum atomic E-state index is 12.4. The molecule has 0 bridgehead atoms. The first-order valence-corrected chi connectivity index (χ1v) is 8.50. The number of benzene rings is 2. The molecule has 24 heavy (non-hydrogen) atoms. The van der Waals surface area contributed by atoms with E-state index in [1.54, 1.807) is 13.0 Å². The van der Waals surface area contributed by atoms with Crippen LogP contribution in [-0.2, 0) is 4.79 Å². The van der Waals surface area contributed by atoms with Crippen molar-refractivity contribution in [1.29, 1.82) is 0 Å². The quantitative estimate of drug-likeness (QED) is 0.778. The van der Waals surface area contributed by atoms with Gasteiger partial charge in [0.2, 0.25) is 0 Å². The maximum absolute atomic E-state index is 12.4. The lowest BCUT2D eigenvalue weighted by atomic mass is 10.0. The van der Waals surface area contributed by atoms with Crippen LogP contribution in [0.1, 0.15) is 43.4 Å². The van der Waals surface area contributed by atoms with Crippen LogP contribution in [0.4, 0.5) is 5.69 Å². The third-order valence-electron chi connectivity index (χ3n) is 3.90. The standard InChI is InChI=1S/C20H24ClNO2/c1-12(2)17-9-6-13(3)10-19(17)24-15(5)20(23)22-16-8-7-14(4)18(21)11-16/h6-12,15H,1-5H3,(H,22,23)/t15-/m0/s1. The van der Waals surface area contributed by atoms with E-state index in [4.69, 9.17) is 16.3 Å². The zero-order chi connectivity index (χ0) is 17.9. The third-order valence-corrected chi connectivity index (χ3v) is 4.31. The van der Waals surface area contributed by atoms with Gasteiger partial charge in [-0.2, -0.15) is 0 Å². The molecule has 0 unspecified atom stereocenters. The summed E-state index contributed by atoms with van der Waals surface area (Å²) in [7, 11) is 0. The van der Waals surface area contributed by atoms with Gasteiger partial charge in [-0.1, -0.05) is 43.6 Å². The molecule has 1 atom stereocenters. The van der Waals surface area contributed by atoms with Crippen molar-refractivity contribution in [3.8, 4) is 5.75 Å². The van der Waals surface area contributed by atoms with Gasteiger partial charge in [0.05, 0.1) is 0 Å². The molecule has 4 heteroatoms. The van der Waals surface area contributed by atoms with E-state index in [1.165, 1.54) is 0 Å². The molecule has 2 aromatic carbocycles. The second-order valence-corrected chi connectivity index (χ2v) is 6.82. The Labute approximate surface area is 149 Å². The molecule has 3 nitrogen and oxygen atoms in total. The molecule has 2 aromatic rings. The number of rotatable bonds is 5. The van der Waals surface area contributed by atoms with E-state index in [9.17, 15) is 4.79 Å². The predicted octanol–water partition coefficient (Wildman–Crippen LogP) is 5.49. The van der Waals surface area contributed by atoms with Gasteiger partial charge in [0.1, 0.15) is 5.75 Å². The lowest BCUT2D eigenvalue weighted by Gasteiger charge is -2.19. The van der Waals surface area contributed by atoms with Crippen molar-refractivity contribution in [2.24, 2.45) is 0 Å². The van der Waals surface area contributed by atoms with Gasteiger partial charge in [-0.15, -0.1) is 0 Å². The largest absolute Gasteiger partial charge is 0.481 e. The van der Waals surface area contributed by atoms with E-state index in [-0.39, 0.29) is 5.91 Å². The number of carbonyl (C=O) groups excluding carboxylic acids is 1. The van der Waals surface area contributed by atoms with E-state index in [0.717, 1.165) is 22.4 Å². The normalized spacial score (nSPS) is 12.1. The summed E-state index contributed by atoms with van der Waals surface area (Å²) in [6.45, 7) is 9.89. The number of amides is 1. The highest BCUT2D eigenvalue weighted by atomic mass is 35.5. The van der Waals surface area contributed by atoms with Crippen molar-refractivity contribution in [2.75, 3.05) is 5.32 Å². The van der Waals surface area contributed by atoms with Crippen LogP contribution in [0.25, 0.3) is 0 Å². The Bertz CT molecular complexity index is 740. The second kappa shape index (κ2) is 7.71. The lowest BCUT2D eigenvalue weighted by Crippen LogP contribution is -2.30. The number of hydrogen-bond donors (Lipinski definition) is 1. The molecule has 0 heterocycles. The molecule has 0 saturated carbocycles. The highest BCUT2D eigenvalue weighted by Crippen LogP contribution is 2.28. The maximum Gasteiger partial charge on any atom is 0.265 e. The van der Waals surface area contributed by atoms with Gasteiger partial charge in [0, 0.05) is 10.7 Å². The zero-order valence-electron chi connectivity index (χ0n) is 14.8. The Hall–Kier alpha value is -2.00. The zero-order valence-corrected chi connectivity index (χ0v) is 15.6. The van der Waals surface area contributed by atoms with Gasteiger partial charge in [-0.05, 0) is 61.6 Å². The Morgan fingerprint density at radius 2 is 1.79 bits per heavy atom. The summed E-state index contributed by atoms with van der Waals surface area (Å²) in [5.41, 5.74) is 3.84. The first-order chi connectivity index (χ1) is 11.3. The van der Waals surface area contributed by atoms with Crippen molar-refractivity contribution >= 4 is 23.2 Å². The van der Waals surface area contributed by atoms with E-state index >= 15 is 0 Å². The fourth-order valence-electron chi connectivity index (χ4n) is 2.38. The summed E-state index contributed by atoms with van der Waals surface area (Å²) >= 11 is 6.10. The van der Waals surface area contributed by atoms with Crippen molar-refractivity contribution in [2.45, 2.75) is 46.6 Å². The number of aryl methyl sites for hydroxylation is 2. The number of anilines is 1. The minimum Gasteiger partial charge on any atom is -0.481 e. The topological polar surface area (TPSA) is 38.3 Å². The molecule has 0 fully saturated rings. The molecule has 0 aliphatic heterocycles. The highest BCUT2D eigenvalue weighted by Gasteiger charge is 2.18. The number of carbonyl (C=O) groups is 1. The van der Waals surface area contributed by atoms with Crippen LogP contribution in [0.15, 0.2) is 36.4 Å². The predicted molar refractivity (Wildman–Crippen MR) is 100 cm³/mol. The number of hydrogen-bond acceptors (Lipinski definition) is 2. The summed E-state index contributed by atoms with van der Waals surface area (Å²) < 4.78 is 5.93. The molecule has 0 spiro atoms. The van der Waals surface area contributed by atoms with E-state index in [2.05, 4.69) is 31.3 Å². The van der Waals surface area contributed by atoms with Gasteiger partial charge < -0.3 is 10.1 Å².